The molecule has 5 heteroatoms. The lowest BCUT2D eigenvalue weighted by atomic mass is 10.1. The molecular formula is C14H14N4O. The molecule has 96 valence electrons. The van der Waals surface area contributed by atoms with Crippen LogP contribution in [0.5, 0.6) is 0 Å². The van der Waals surface area contributed by atoms with Gasteiger partial charge in [0, 0.05) is 17.4 Å². The van der Waals surface area contributed by atoms with E-state index in [1.807, 2.05) is 25.1 Å². The molecule has 1 aromatic heterocycles. The normalized spacial score (nSPS) is 17.3. The third-order valence-corrected chi connectivity index (χ3v) is 3.37. The maximum atomic E-state index is 12.5. The molecule has 0 saturated carbocycles. The predicted molar refractivity (Wildman–Crippen MR) is 72.9 cm³/mol. The van der Waals surface area contributed by atoms with Gasteiger partial charge < -0.3 is 10.6 Å². The van der Waals surface area contributed by atoms with Gasteiger partial charge in [-0.15, -0.1) is 0 Å². The van der Waals surface area contributed by atoms with Gasteiger partial charge in [-0.25, -0.2) is 0 Å². The molecule has 1 atom stereocenters. The molecule has 5 nitrogen and oxygen atoms in total. The first-order valence-electron chi connectivity index (χ1n) is 6.15. The second-order valence-corrected chi connectivity index (χ2v) is 4.75. The summed E-state index contributed by atoms with van der Waals surface area (Å²) < 4.78 is 0. The van der Waals surface area contributed by atoms with Gasteiger partial charge in [-0.1, -0.05) is 0 Å². The molecule has 0 aliphatic carbocycles. The maximum absolute atomic E-state index is 12.5. The molecular weight excluding hydrogens is 240 g/mol. The first kappa shape index (κ1) is 11.6. The molecule has 0 spiro atoms. The summed E-state index contributed by atoms with van der Waals surface area (Å²) in [6.07, 6.45) is 3.84. The summed E-state index contributed by atoms with van der Waals surface area (Å²) in [6, 6.07) is 7.46. The summed E-state index contributed by atoms with van der Waals surface area (Å²) in [5.41, 5.74) is 9.11. The summed E-state index contributed by atoms with van der Waals surface area (Å²) in [6.45, 7) is 2.03. The van der Waals surface area contributed by atoms with Crippen molar-refractivity contribution < 1.29 is 4.79 Å². The lowest BCUT2D eigenvalue weighted by molar-refractivity contribution is 0.0981. The standard InChI is InChI=1S/C14H14N4O/c1-9-6-11-7-12(15)2-3-13(11)18(9)14(19)10-4-5-16-17-8-10/h2-5,7-9H,6,15H2,1H3. The van der Waals surface area contributed by atoms with E-state index in [2.05, 4.69) is 10.2 Å². The zero-order valence-electron chi connectivity index (χ0n) is 10.6. The zero-order chi connectivity index (χ0) is 13.4. The number of hydrogen-bond donors (Lipinski definition) is 1. The number of hydrogen-bond acceptors (Lipinski definition) is 4. The second kappa shape index (κ2) is 4.35. The molecule has 0 radical (unpaired) electrons. The number of fused-ring (bicyclic) bond motifs is 1. The zero-order valence-corrected chi connectivity index (χ0v) is 10.6. The van der Waals surface area contributed by atoms with Crippen LogP contribution in [-0.2, 0) is 6.42 Å². The van der Waals surface area contributed by atoms with Crippen LogP contribution in [0.4, 0.5) is 11.4 Å². The Kier molecular flexibility index (Phi) is 2.67. The molecule has 2 N–H and O–H groups in total. The van der Waals surface area contributed by atoms with E-state index < -0.39 is 0 Å². The topological polar surface area (TPSA) is 72.1 Å². The van der Waals surface area contributed by atoms with Crippen molar-refractivity contribution in [1.29, 1.82) is 0 Å². The monoisotopic (exact) mass is 254 g/mol. The number of nitrogen functional groups attached to an aromatic ring is 1. The Hall–Kier alpha value is -2.43. The van der Waals surface area contributed by atoms with Crippen LogP contribution in [0.1, 0.15) is 22.8 Å². The molecule has 19 heavy (non-hydrogen) atoms. The average molecular weight is 254 g/mol. The van der Waals surface area contributed by atoms with Gasteiger partial charge in [-0.05, 0) is 43.2 Å². The fourth-order valence-corrected chi connectivity index (χ4v) is 2.52. The number of nitrogens with zero attached hydrogens (tertiary/aromatic N) is 3. The first-order valence-corrected chi connectivity index (χ1v) is 6.15. The minimum atomic E-state index is -0.0501. The number of carbonyl (C=O) groups excluding carboxylic acids is 1. The van der Waals surface area contributed by atoms with E-state index in [1.54, 1.807) is 11.0 Å². The number of amides is 1. The first-order chi connectivity index (χ1) is 9.16. The van der Waals surface area contributed by atoms with E-state index in [9.17, 15) is 4.79 Å². The van der Waals surface area contributed by atoms with E-state index in [0.717, 1.165) is 23.4 Å². The Bertz CT molecular complexity index is 627. The third-order valence-electron chi connectivity index (χ3n) is 3.37. The number of carbonyl (C=O) groups is 1. The lowest BCUT2D eigenvalue weighted by Gasteiger charge is -2.22. The van der Waals surface area contributed by atoms with E-state index in [4.69, 9.17) is 5.73 Å². The Morgan fingerprint density at radius 3 is 2.95 bits per heavy atom. The van der Waals surface area contributed by atoms with Gasteiger partial charge in [-0.2, -0.15) is 10.2 Å². The number of nitrogens with two attached hydrogens (primary N) is 1. The van der Waals surface area contributed by atoms with Crippen LogP contribution >= 0.6 is 0 Å². The van der Waals surface area contributed by atoms with Crippen LogP contribution in [0.3, 0.4) is 0 Å². The van der Waals surface area contributed by atoms with E-state index >= 15 is 0 Å². The van der Waals surface area contributed by atoms with E-state index in [0.29, 0.717) is 5.56 Å². The SMILES string of the molecule is CC1Cc2cc(N)ccc2N1C(=O)c1ccnnc1. The van der Waals surface area contributed by atoms with Crippen molar-refractivity contribution in [2.75, 3.05) is 10.6 Å². The van der Waals surface area contributed by atoms with Gasteiger partial charge in [0.15, 0.2) is 0 Å². The van der Waals surface area contributed by atoms with Crippen molar-refractivity contribution >= 4 is 17.3 Å². The quantitative estimate of drug-likeness (QED) is 0.785. The smallest absolute Gasteiger partial charge is 0.260 e. The average Bonchev–Trinajstić information content (AvgIpc) is 2.74. The fourth-order valence-electron chi connectivity index (χ4n) is 2.52. The summed E-state index contributed by atoms with van der Waals surface area (Å²) in [4.78, 5) is 14.3. The van der Waals surface area contributed by atoms with Gasteiger partial charge >= 0.3 is 0 Å². The summed E-state index contributed by atoms with van der Waals surface area (Å²) in [7, 11) is 0. The Labute approximate surface area is 111 Å². The molecule has 1 aromatic carbocycles. The fraction of sp³-hybridized carbons (Fsp3) is 0.214. The minimum absolute atomic E-state index is 0.0501. The predicted octanol–water partition coefficient (Wildman–Crippen LogP) is 1.65. The van der Waals surface area contributed by atoms with Gasteiger partial charge in [0.2, 0.25) is 0 Å². The second-order valence-electron chi connectivity index (χ2n) is 4.75. The number of benzene rings is 1. The highest BCUT2D eigenvalue weighted by Crippen LogP contribution is 2.34. The molecule has 1 unspecified atom stereocenters. The highest BCUT2D eigenvalue weighted by molar-refractivity contribution is 6.07. The summed E-state index contributed by atoms with van der Waals surface area (Å²) in [5, 5.41) is 7.45. The van der Waals surface area contributed by atoms with Crippen molar-refractivity contribution in [1.82, 2.24) is 10.2 Å². The van der Waals surface area contributed by atoms with Crippen molar-refractivity contribution in [2.45, 2.75) is 19.4 Å². The van der Waals surface area contributed by atoms with Crippen molar-refractivity contribution in [3.05, 3.63) is 47.8 Å². The van der Waals surface area contributed by atoms with Gasteiger partial charge in [0.25, 0.3) is 5.91 Å². The van der Waals surface area contributed by atoms with E-state index in [1.165, 1.54) is 12.4 Å². The lowest BCUT2D eigenvalue weighted by Crippen LogP contribution is -2.35. The van der Waals surface area contributed by atoms with Crippen molar-refractivity contribution in [2.24, 2.45) is 0 Å². The molecule has 0 saturated heterocycles. The Morgan fingerprint density at radius 2 is 2.21 bits per heavy atom. The number of anilines is 2. The number of aromatic nitrogens is 2. The van der Waals surface area contributed by atoms with Crippen molar-refractivity contribution in [3.63, 3.8) is 0 Å². The summed E-state index contributed by atoms with van der Waals surface area (Å²) in [5.74, 6) is -0.0501. The van der Waals surface area contributed by atoms with Crippen molar-refractivity contribution in [3.8, 4) is 0 Å². The third kappa shape index (κ3) is 1.93. The molecule has 2 aromatic rings. The molecule has 1 aliphatic rings. The molecule has 0 bridgehead atoms. The minimum Gasteiger partial charge on any atom is -0.399 e. The highest BCUT2D eigenvalue weighted by Gasteiger charge is 2.31. The molecule has 2 heterocycles. The van der Waals surface area contributed by atoms with Crippen LogP contribution in [0.15, 0.2) is 36.7 Å². The molecule has 1 amide bonds. The number of rotatable bonds is 1. The molecule has 1 aliphatic heterocycles. The molecule has 0 fully saturated rings. The van der Waals surface area contributed by atoms with Gasteiger partial charge in [-0.3, -0.25) is 4.79 Å². The van der Waals surface area contributed by atoms with Crippen LogP contribution in [0, 0.1) is 0 Å². The van der Waals surface area contributed by atoms with Crippen LogP contribution < -0.4 is 10.6 Å². The van der Waals surface area contributed by atoms with Gasteiger partial charge in [0.1, 0.15) is 0 Å². The van der Waals surface area contributed by atoms with Crippen LogP contribution in [-0.4, -0.2) is 22.1 Å². The highest BCUT2D eigenvalue weighted by atomic mass is 16.2. The summed E-state index contributed by atoms with van der Waals surface area (Å²) >= 11 is 0. The van der Waals surface area contributed by atoms with E-state index in [-0.39, 0.29) is 11.9 Å². The largest absolute Gasteiger partial charge is 0.399 e. The van der Waals surface area contributed by atoms with Crippen LogP contribution in [0.2, 0.25) is 0 Å². The Morgan fingerprint density at radius 1 is 1.37 bits per heavy atom. The Balaban J connectivity index is 2.01. The van der Waals surface area contributed by atoms with Crippen LogP contribution in [0.25, 0.3) is 0 Å². The molecule has 3 rings (SSSR count). The maximum Gasteiger partial charge on any atom is 0.260 e. The van der Waals surface area contributed by atoms with Gasteiger partial charge in [0.05, 0.1) is 18.0 Å².